The second-order valence-corrected chi connectivity index (χ2v) is 5.47. The molecule has 0 aromatic carbocycles. The van der Waals surface area contributed by atoms with Gasteiger partial charge in [0.15, 0.2) is 0 Å². The van der Waals surface area contributed by atoms with Crippen LogP contribution in [-0.4, -0.2) is 47.7 Å². The van der Waals surface area contributed by atoms with Crippen molar-refractivity contribution in [2.45, 2.75) is 20.8 Å². The third-order valence-corrected chi connectivity index (χ3v) is 3.84. The van der Waals surface area contributed by atoms with Gasteiger partial charge < -0.3 is 19.4 Å². The molecule has 0 amide bonds. The van der Waals surface area contributed by atoms with Gasteiger partial charge in [-0.05, 0) is 13.1 Å². The van der Waals surface area contributed by atoms with Gasteiger partial charge in [-0.2, -0.15) is 6.07 Å². The SMILES string of the molecule is CC.Cc1[c-]cc(-n2ccc(N3CCN(C)CC3)cc2=O)nc1.[Y]. The Morgan fingerprint density at radius 2 is 1.83 bits per heavy atom. The fraction of sp³-hybridized carbons (Fsp3) is 0.444. The van der Waals surface area contributed by atoms with Gasteiger partial charge in [0.25, 0.3) is 0 Å². The first-order chi connectivity index (χ1) is 11.1. The molecule has 3 rings (SSSR count). The molecule has 0 N–H and O–H groups in total. The van der Waals surface area contributed by atoms with Crippen molar-refractivity contribution in [3.63, 3.8) is 0 Å². The van der Waals surface area contributed by atoms with Crippen LogP contribution in [0, 0.1) is 13.0 Å². The number of aryl methyl sites for hydroxylation is 1. The zero-order valence-electron chi connectivity index (χ0n) is 15.0. The minimum atomic E-state index is -0.0591. The largest absolute Gasteiger partial charge is 0.369 e. The maximum atomic E-state index is 12.3. The van der Waals surface area contributed by atoms with Crippen LogP contribution < -0.4 is 10.5 Å². The van der Waals surface area contributed by atoms with E-state index in [0.29, 0.717) is 5.82 Å². The van der Waals surface area contributed by atoms with Gasteiger partial charge in [0.1, 0.15) is 0 Å². The van der Waals surface area contributed by atoms with Gasteiger partial charge in [0.2, 0.25) is 5.56 Å². The van der Waals surface area contributed by atoms with Crippen molar-refractivity contribution in [3.8, 4) is 5.82 Å². The fourth-order valence-electron chi connectivity index (χ4n) is 2.47. The average Bonchev–Trinajstić information content (AvgIpc) is 2.58. The molecule has 1 fully saturated rings. The van der Waals surface area contributed by atoms with E-state index in [1.54, 1.807) is 29.1 Å². The van der Waals surface area contributed by atoms with E-state index in [1.165, 1.54) is 0 Å². The van der Waals surface area contributed by atoms with E-state index in [2.05, 4.69) is 27.9 Å². The van der Waals surface area contributed by atoms with Gasteiger partial charge in [0, 0.05) is 82.7 Å². The van der Waals surface area contributed by atoms with Gasteiger partial charge in [-0.15, -0.1) is 11.6 Å². The molecule has 2 aromatic rings. The number of hydrogen-bond acceptors (Lipinski definition) is 4. The quantitative estimate of drug-likeness (QED) is 0.722. The zero-order valence-corrected chi connectivity index (χ0v) is 17.8. The first-order valence-corrected chi connectivity index (χ1v) is 8.14. The number of aromatic nitrogens is 2. The van der Waals surface area contributed by atoms with Crippen molar-refractivity contribution in [1.82, 2.24) is 14.5 Å². The number of rotatable bonds is 2. The Labute approximate surface area is 169 Å². The van der Waals surface area contributed by atoms with E-state index < -0.39 is 0 Å². The molecule has 24 heavy (non-hydrogen) atoms. The molecule has 0 bridgehead atoms. The minimum Gasteiger partial charge on any atom is -0.369 e. The Kier molecular flexibility index (Phi) is 8.81. The fourth-order valence-corrected chi connectivity index (χ4v) is 2.47. The summed E-state index contributed by atoms with van der Waals surface area (Å²) in [5, 5.41) is 0. The van der Waals surface area contributed by atoms with E-state index in [1.807, 2.05) is 26.8 Å². The van der Waals surface area contributed by atoms with Crippen molar-refractivity contribution >= 4 is 5.69 Å². The van der Waals surface area contributed by atoms with Crippen LogP contribution in [-0.2, 0) is 32.7 Å². The molecule has 127 valence electrons. The third-order valence-electron chi connectivity index (χ3n) is 3.84. The third kappa shape index (κ3) is 5.23. The topological polar surface area (TPSA) is 41.4 Å². The summed E-state index contributed by atoms with van der Waals surface area (Å²) >= 11 is 0. The Balaban J connectivity index is 0.000000925. The first-order valence-electron chi connectivity index (χ1n) is 8.14. The molecule has 6 heteroatoms. The standard InChI is InChI=1S/C16H19N4O.C2H6.Y/c1-13-3-4-15(17-12-13)20-6-5-14(11-16(20)21)19-9-7-18(2)8-10-19;1-2;/h4-6,11-12H,7-10H2,1-2H3;1-2H3;/q-1;;. The molecule has 1 aliphatic heterocycles. The predicted molar refractivity (Wildman–Crippen MR) is 94.5 cm³/mol. The van der Waals surface area contributed by atoms with Gasteiger partial charge in [-0.25, -0.2) is 0 Å². The van der Waals surface area contributed by atoms with Crippen LogP contribution in [0.4, 0.5) is 5.69 Å². The maximum absolute atomic E-state index is 12.3. The van der Waals surface area contributed by atoms with Crippen molar-refractivity contribution in [2.24, 2.45) is 0 Å². The molecular formula is C18H25N4OY-. The molecule has 0 aliphatic carbocycles. The number of pyridine rings is 2. The van der Waals surface area contributed by atoms with Crippen molar-refractivity contribution in [1.29, 1.82) is 0 Å². The molecule has 0 unspecified atom stereocenters. The van der Waals surface area contributed by atoms with Crippen LogP contribution in [0.3, 0.4) is 0 Å². The molecular weight excluding hydrogens is 377 g/mol. The minimum absolute atomic E-state index is 0. The second kappa shape index (κ2) is 10.1. The van der Waals surface area contributed by atoms with Crippen LogP contribution >= 0.6 is 0 Å². The van der Waals surface area contributed by atoms with Crippen LogP contribution in [0.15, 0.2) is 35.4 Å². The van der Waals surface area contributed by atoms with E-state index >= 15 is 0 Å². The maximum Gasteiger partial charge on any atom is 0.247 e. The van der Waals surface area contributed by atoms with E-state index in [9.17, 15) is 4.79 Å². The number of piperazine rings is 1. The summed E-state index contributed by atoms with van der Waals surface area (Å²) in [6.07, 6.45) is 3.51. The summed E-state index contributed by atoms with van der Waals surface area (Å²) in [4.78, 5) is 21.1. The first kappa shape index (κ1) is 21.0. The summed E-state index contributed by atoms with van der Waals surface area (Å²) in [6.45, 7) is 9.89. The Morgan fingerprint density at radius 1 is 1.17 bits per heavy atom. The van der Waals surface area contributed by atoms with E-state index in [4.69, 9.17) is 0 Å². The molecule has 0 spiro atoms. The second-order valence-electron chi connectivity index (χ2n) is 5.47. The molecule has 1 aliphatic rings. The number of nitrogens with zero attached hydrogens (tertiary/aromatic N) is 4. The number of likely N-dealkylation sites (N-methyl/N-ethyl adjacent to an activating group) is 1. The molecule has 0 atom stereocenters. The summed E-state index contributed by atoms with van der Waals surface area (Å²) in [7, 11) is 2.12. The molecule has 2 aromatic heterocycles. The Morgan fingerprint density at radius 3 is 2.38 bits per heavy atom. The van der Waals surface area contributed by atoms with Gasteiger partial charge in [-0.1, -0.05) is 27.0 Å². The van der Waals surface area contributed by atoms with Gasteiger partial charge in [-0.3, -0.25) is 4.79 Å². The van der Waals surface area contributed by atoms with Gasteiger partial charge >= 0.3 is 0 Å². The summed E-state index contributed by atoms with van der Waals surface area (Å²) in [6, 6.07) is 8.48. The van der Waals surface area contributed by atoms with Crippen molar-refractivity contribution in [3.05, 3.63) is 52.6 Å². The van der Waals surface area contributed by atoms with Crippen molar-refractivity contribution < 1.29 is 32.7 Å². The molecule has 3 heterocycles. The number of hydrogen-bond donors (Lipinski definition) is 0. The predicted octanol–water partition coefficient (Wildman–Crippen LogP) is 2.12. The monoisotopic (exact) mass is 402 g/mol. The van der Waals surface area contributed by atoms with Gasteiger partial charge in [0.05, 0.1) is 0 Å². The number of anilines is 1. The molecule has 0 saturated carbocycles. The normalized spacial score (nSPS) is 14.4. The summed E-state index contributed by atoms with van der Waals surface area (Å²) < 4.78 is 1.55. The van der Waals surface area contributed by atoms with Crippen molar-refractivity contribution in [2.75, 3.05) is 38.1 Å². The van der Waals surface area contributed by atoms with Crippen LogP contribution in [0.5, 0.6) is 0 Å². The van der Waals surface area contributed by atoms with E-state index in [0.717, 1.165) is 37.4 Å². The zero-order chi connectivity index (χ0) is 16.8. The van der Waals surface area contributed by atoms with Crippen LogP contribution in [0.2, 0.25) is 0 Å². The molecule has 1 saturated heterocycles. The molecule has 5 nitrogen and oxygen atoms in total. The van der Waals surface area contributed by atoms with Crippen LogP contribution in [0.1, 0.15) is 19.4 Å². The average molecular weight is 402 g/mol. The Bertz CT molecular complexity index is 676. The van der Waals surface area contributed by atoms with E-state index in [-0.39, 0.29) is 38.3 Å². The Hall–Kier alpha value is -1.04. The smallest absolute Gasteiger partial charge is 0.247 e. The summed E-state index contributed by atoms with van der Waals surface area (Å²) in [5.74, 6) is 0.607. The molecule has 1 radical (unpaired) electrons. The summed E-state index contributed by atoms with van der Waals surface area (Å²) in [5.41, 5.74) is 1.89. The van der Waals surface area contributed by atoms with Crippen LogP contribution in [0.25, 0.3) is 5.82 Å².